The first-order valence-corrected chi connectivity index (χ1v) is 8.74. The Morgan fingerprint density at radius 3 is 2.94 bits per heavy atom. The second-order valence-corrected chi connectivity index (χ2v) is 7.63. The zero-order valence-corrected chi connectivity index (χ0v) is 13.5. The molecular formula is C15H23BrOS. The number of aliphatic hydroxyl groups is 1. The summed E-state index contributed by atoms with van der Waals surface area (Å²) in [7, 11) is 0. The molecule has 1 nitrogen and oxygen atoms in total. The fourth-order valence-electron chi connectivity index (χ4n) is 3.11. The summed E-state index contributed by atoms with van der Waals surface area (Å²) < 4.78 is 1.14. The third kappa shape index (κ3) is 4.07. The molecule has 1 aromatic heterocycles. The average molecular weight is 331 g/mol. The average Bonchev–Trinajstić information content (AvgIpc) is 2.62. The normalized spacial score (nSPS) is 29.2. The van der Waals surface area contributed by atoms with Crippen molar-refractivity contribution in [1.82, 2.24) is 0 Å². The summed E-state index contributed by atoms with van der Waals surface area (Å²) in [4.78, 5) is 1.30. The smallest absolute Gasteiger partial charge is 0.0696 e. The Labute approximate surface area is 123 Å². The summed E-state index contributed by atoms with van der Waals surface area (Å²) >= 11 is 5.24. The first kappa shape index (κ1) is 14.5. The topological polar surface area (TPSA) is 20.2 Å². The highest BCUT2D eigenvalue weighted by Gasteiger charge is 2.31. The first-order valence-electron chi connectivity index (χ1n) is 7.06. The van der Waals surface area contributed by atoms with Gasteiger partial charge in [-0.3, -0.25) is 0 Å². The van der Waals surface area contributed by atoms with Crippen LogP contribution in [0.5, 0.6) is 0 Å². The number of halogens is 1. The van der Waals surface area contributed by atoms with Crippen molar-refractivity contribution in [2.24, 2.45) is 5.92 Å². The van der Waals surface area contributed by atoms with Gasteiger partial charge in [-0.05, 0) is 47.2 Å². The molecule has 1 saturated carbocycles. The molecule has 0 aliphatic heterocycles. The fourth-order valence-corrected chi connectivity index (χ4v) is 4.69. The molecule has 2 atom stereocenters. The largest absolute Gasteiger partial charge is 0.390 e. The van der Waals surface area contributed by atoms with Crippen LogP contribution in [-0.4, -0.2) is 10.7 Å². The predicted octanol–water partition coefficient (Wildman–Crippen LogP) is 5.16. The zero-order chi connectivity index (χ0) is 13.0. The highest BCUT2D eigenvalue weighted by molar-refractivity contribution is 9.10. The van der Waals surface area contributed by atoms with Gasteiger partial charge in [-0.25, -0.2) is 0 Å². The predicted molar refractivity (Wildman–Crippen MR) is 82.2 cm³/mol. The molecule has 0 amide bonds. The molecule has 0 aromatic carbocycles. The number of hydrogen-bond donors (Lipinski definition) is 1. The Balaban J connectivity index is 1.94. The van der Waals surface area contributed by atoms with Gasteiger partial charge < -0.3 is 5.11 Å². The fraction of sp³-hybridized carbons (Fsp3) is 0.733. The molecule has 0 radical (unpaired) electrons. The molecule has 0 bridgehead atoms. The molecule has 1 aromatic rings. The maximum Gasteiger partial charge on any atom is 0.0696 e. The van der Waals surface area contributed by atoms with Crippen molar-refractivity contribution in [2.75, 3.05) is 0 Å². The lowest BCUT2D eigenvalue weighted by Crippen LogP contribution is -2.30. The van der Waals surface area contributed by atoms with Gasteiger partial charge in [-0.1, -0.05) is 32.6 Å². The monoisotopic (exact) mass is 330 g/mol. The highest BCUT2D eigenvalue weighted by Crippen LogP contribution is 2.36. The van der Waals surface area contributed by atoms with Gasteiger partial charge in [-0.15, -0.1) is 11.3 Å². The van der Waals surface area contributed by atoms with E-state index in [0.717, 1.165) is 29.7 Å². The SMILES string of the molecule is CCCC1CCCC(O)(Cc2cc(Br)cs2)CC1. The molecule has 0 saturated heterocycles. The van der Waals surface area contributed by atoms with Crippen molar-refractivity contribution in [1.29, 1.82) is 0 Å². The zero-order valence-electron chi connectivity index (χ0n) is 11.1. The summed E-state index contributed by atoms with van der Waals surface area (Å²) in [5.41, 5.74) is -0.452. The van der Waals surface area contributed by atoms with Crippen LogP contribution in [0.15, 0.2) is 15.9 Å². The van der Waals surface area contributed by atoms with Gasteiger partial charge in [0.05, 0.1) is 5.60 Å². The summed E-state index contributed by atoms with van der Waals surface area (Å²) in [5.74, 6) is 0.846. The van der Waals surface area contributed by atoms with Gasteiger partial charge in [0.2, 0.25) is 0 Å². The molecular weight excluding hydrogens is 308 g/mol. The number of hydrogen-bond acceptors (Lipinski definition) is 2. The van der Waals surface area contributed by atoms with Crippen LogP contribution >= 0.6 is 27.3 Å². The molecule has 1 heterocycles. The van der Waals surface area contributed by atoms with Crippen LogP contribution in [0.25, 0.3) is 0 Å². The van der Waals surface area contributed by atoms with Crippen molar-refractivity contribution in [3.05, 3.63) is 20.8 Å². The van der Waals surface area contributed by atoms with Gasteiger partial charge in [0, 0.05) is 21.2 Å². The lowest BCUT2D eigenvalue weighted by molar-refractivity contribution is 0.0248. The van der Waals surface area contributed by atoms with E-state index in [1.54, 1.807) is 11.3 Å². The van der Waals surface area contributed by atoms with Gasteiger partial charge in [0.15, 0.2) is 0 Å². The van der Waals surface area contributed by atoms with E-state index in [0.29, 0.717) is 0 Å². The van der Waals surface area contributed by atoms with E-state index in [1.165, 1.54) is 37.0 Å². The van der Waals surface area contributed by atoms with Crippen molar-refractivity contribution >= 4 is 27.3 Å². The van der Waals surface area contributed by atoms with Gasteiger partial charge in [0.25, 0.3) is 0 Å². The van der Waals surface area contributed by atoms with Crippen molar-refractivity contribution in [3.8, 4) is 0 Å². The highest BCUT2D eigenvalue weighted by atomic mass is 79.9. The minimum atomic E-state index is -0.452. The van der Waals surface area contributed by atoms with Gasteiger partial charge in [-0.2, -0.15) is 0 Å². The van der Waals surface area contributed by atoms with Gasteiger partial charge in [0.1, 0.15) is 0 Å². The molecule has 2 unspecified atom stereocenters. The van der Waals surface area contributed by atoms with Crippen LogP contribution in [0.1, 0.15) is 56.7 Å². The Morgan fingerprint density at radius 1 is 1.44 bits per heavy atom. The van der Waals surface area contributed by atoms with Crippen molar-refractivity contribution in [3.63, 3.8) is 0 Å². The van der Waals surface area contributed by atoms with E-state index >= 15 is 0 Å². The molecule has 1 N–H and O–H groups in total. The van der Waals surface area contributed by atoms with E-state index in [-0.39, 0.29) is 0 Å². The van der Waals surface area contributed by atoms with Crippen LogP contribution in [-0.2, 0) is 6.42 Å². The van der Waals surface area contributed by atoms with E-state index in [2.05, 4.69) is 34.3 Å². The number of thiophene rings is 1. The van der Waals surface area contributed by atoms with Gasteiger partial charge >= 0.3 is 0 Å². The van der Waals surface area contributed by atoms with Crippen LogP contribution in [0, 0.1) is 5.92 Å². The standard InChI is InChI=1S/C15H23BrOS/c1-2-4-12-5-3-7-15(17,8-6-12)10-14-9-13(16)11-18-14/h9,11-12,17H,2-8,10H2,1H3. The Hall–Kier alpha value is 0.140. The molecule has 3 heteroatoms. The molecule has 1 aliphatic rings. The first-order chi connectivity index (χ1) is 8.61. The van der Waals surface area contributed by atoms with Crippen LogP contribution in [0.4, 0.5) is 0 Å². The van der Waals surface area contributed by atoms with Crippen LogP contribution < -0.4 is 0 Å². The molecule has 0 spiro atoms. The third-order valence-corrected chi connectivity index (χ3v) is 5.79. The molecule has 102 valence electrons. The second-order valence-electron chi connectivity index (χ2n) is 5.72. The quantitative estimate of drug-likeness (QED) is 0.755. The summed E-state index contributed by atoms with van der Waals surface area (Å²) in [6, 6.07) is 2.15. The summed E-state index contributed by atoms with van der Waals surface area (Å²) in [6.07, 6.45) is 9.11. The maximum absolute atomic E-state index is 10.8. The summed E-state index contributed by atoms with van der Waals surface area (Å²) in [6.45, 7) is 2.26. The van der Waals surface area contributed by atoms with E-state index in [1.807, 2.05) is 0 Å². The number of rotatable bonds is 4. The lowest BCUT2D eigenvalue weighted by Gasteiger charge is -2.26. The van der Waals surface area contributed by atoms with Crippen LogP contribution in [0.2, 0.25) is 0 Å². The molecule has 18 heavy (non-hydrogen) atoms. The van der Waals surface area contributed by atoms with Crippen LogP contribution in [0.3, 0.4) is 0 Å². The molecule has 1 aliphatic carbocycles. The Morgan fingerprint density at radius 2 is 2.28 bits per heavy atom. The second kappa shape index (κ2) is 6.53. The molecule has 2 rings (SSSR count). The maximum atomic E-state index is 10.8. The van der Waals surface area contributed by atoms with E-state index in [4.69, 9.17) is 0 Å². The van der Waals surface area contributed by atoms with Crippen molar-refractivity contribution < 1.29 is 5.11 Å². The lowest BCUT2D eigenvalue weighted by atomic mass is 9.89. The summed E-state index contributed by atoms with van der Waals surface area (Å²) in [5, 5.41) is 12.9. The third-order valence-electron chi connectivity index (χ3n) is 4.09. The Kier molecular flexibility index (Phi) is 5.28. The van der Waals surface area contributed by atoms with E-state index in [9.17, 15) is 5.11 Å². The van der Waals surface area contributed by atoms with E-state index < -0.39 is 5.60 Å². The Bertz CT molecular complexity index is 376. The minimum absolute atomic E-state index is 0.452. The minimum Gasteiger partial charge on any atom is -0.390 e. The molecule has 1 fully saturated rings. The van der Waals surface area contributed by atoms with Crippen molar-refractivity contribution in [2.45, 2.75) is 63.9 Å².